The van der Waals surface area contributed by atoms with Gasteiger partial charge in [0.1, 0.15) is 0 Å². The van der Waals surface area contributed by atoms with E-state index in [2.05, 4.69) is 37.8 Å². The van der Waals surface area contributed by atoms with Gasteiger partial charge in [-0.2, -0.15) is 0 Å². The molecule has 0 aliphatic heterocycles. The number of nitrogens with two attached hydrogens (primary N) is 1. The summed E-state index contributed by atoms with van der Waals surface area (Å²) < 4.78 is 0. The zero-order valence-electron chi connectivity index (χ0n) is 10.9. The first-order valence-electron chi connectivity index (χ1n) is 6.42. The molecule has 0 bridgehead atoms. The van der Waals surface area contributed by atoms with Gasteiger partial charge in [-0.15, -0.1) is 0 Å². The first-order chi connectivity index (χ1) is 7.77. The van der Waals surface area contributed by atoms with Crippen LogP contribution in [0.1, 0.15) is 54.7 Å². The van der Waals surface area contributed by atoms with E-state index in [0.717, 1.165) is 5.92 Å². The largest absolute Gasteiger partial charge is 0.333 e. The zero-order chi connectivity index (χ0) is 12.0. The van der Waals surface area contributed by atoms with Gasteiger partial charge in [-0.25, -0.2) is 0 Å². The van der Waals surface area contributed by atoms with Crippen LogP contribution in [0.4, 0.5) is 0 Å². The second kappa shape index (κ2) is 6.70. The Morgan fingerprint density at radius 2 is 1.62 bits per heavy atom. The van der Waals surface area contributed by atoms with Crippen LogP contribution in [0.5, 0.6) is 0 Å². The highest BCUT2D eigenvalue weighted by Crippen LogP contribution is 2.34. The van der Waals surface area contributed by atoms with Crippen molar-refractivity contribution in [3.8, 4) is 0 Å². The van der Waals surface area contributed by atoms with Crippen molar-refractivity contribution in [1.82, 2.24) is 0 Å². The van der Waals surface area contributed by atoms with Gasteiger partial charge in [0.15, 0.2) is 0 Å². The quantitative estimate of drug-likeness (QED) is 0.761. The van der Waals surface area contributed by atoms with E-state index in [1.54, 1.807) is 5.56 Å². The van der Waals surface area contributed by atoms with E-state index in [1.165, 1.54) is 50.3 Å². The fourth-order valence-electron chi connectivity index (χ4n) is 2.70. The van der Waals surface area contributed by atoms with Crippen molar-refractivity contribution in [3.05, 3.63) is 34.9 Å². The molecule has 0 aromatic heterocycles. The molecular weight excluding hydrogens is 194 g/mol. The number of hydrogen-bond donors (Lipinski definition) is 1. The first kappa shape index (κ1) is 13.2. The predicted molar refractivity (Wildman–Crippen MR) is 71.9 cm³/mol. The summed E-state index contributed by atoms with van der Waals surface area (Å²) in [6.07, 6.45) is 7.12. The number of benzene rings is 1. The minimum Gasteiger partial charge on any atom is -0.333 e. The summed E-state index contributed by atoms with van der Waals surface area (Å²) in [7, 11) is 1.50. The van der Waals surface area contributed by atoms with Gasteiger partial charge in [-0.05, 0) is 50.8 Å². The van der Waals surface area contributed by atoms with Crippen LogP contribution in [0.15, 0.2) is 18.2 Å². The molecule has 90 valence electrons. The highest BCUT2D eigenvalue weighted by atomic mass is 14.4. The van der Waals surface area contributed by atoms with Gasteiger partial charge >= 0.3 is 0 Å². The molecular formula is C15H25N. The topological polar surface area (TPSA) is 26.0 Å². The van der Waals surface area contributed by atoms with Gasteiger partial charge in [-0.1, -0.05) is 43.0 Å². The highest BCUT2D eigenvalue weighted by Gasteiger charge is 2.16. The Labute approximate surface area is 100 Å². The van der Waals surface area contributed by atoms with Crippen LogP contribution in [-0.2, 0) is 0 Å². The Bertz CT molecular complexity index is 311. The van der Waals surface area contributed by atoms with Gasteiger partial charge in [0.2, 0.25) is 0 Å². The molecule has 0 heterocycles. The second-order valence-electron chi connectivity index (χ2n) is 4.69. The van der Waals surface area contributed by atoms with Crippen LogP contribution in [0, 0.1) is 13.8 Å². The first-order valence-corrected chi connectivity index (χ1v) is 6.42. The molecule has 1 saturated carbocycles. The fourth-order valence-corrected chi connectivity index (χ4v) is 2.70. The van der Waals surface area contributed by atoms with Crippen molar-refractivity contribution in [3.63, 3.8) is 0 Å². The Balaban J connectivity index is 0.000000606. The molecule has 2 rings (SSSR count). The Hall–Kier alpha value is -0.820. The third kappa shape index (κ3) is 3.34. The predicted octanol–water partition coefficient (Wildman–Crippen LogP) is 3.93. The van der Waals surface area contributed by atoms with Crippen LogP contribution in [0.2, 0.25) is 0 Å². The molecule has 1 nitrogen and oxygen atoms in total. The maximum Gasteiger partial charge on any atom is -0.0159 e. The Morgan fingerprint density at radius 1 is 1.00 bits per heavy atom. The SMILES string of the molecule is CN.Cc1ccc(C2CCCCC2)c(C)c1. The summed E-state index contributed by atoms with van der Waals surface area (Å²) in [6, 6.07) is 6.93. The smallest absolute Gasteiger partial charge is 0.0159 e. The van der Waals surface area contributed by atoms with E-state index in [-0.39, 0.29) is 0 Å². The van der Waals surface area contributed by atoms with Gasteiger partial charge in [0, 0.05) is 0 Å². The van der Waals surface area contributed by atoms with Crippen LogP contribution in [0.3, 0.4) is 0 Å². The molecule has 2 N–H and O–H groups in total. The monoisotopic (exact) mass is 219 g/mol. The molecule has 0 radical (unpaired) electrons. The van der Waals surface area contributed by atoms with E-state index in [1.807, 2.05) is 0 Å². The molecule has 1 aromatic rings. The zero-order valence-corrected chi connectivity index (χ0v) is 10.9. The molecule has 1 aromatic carbocycles. The number of aryl methyl sites for hydroxylation is 2. The molecule has 1 fully saturated rings. The average Bonchev–Trinajstić information content (AvgIpc) is 2.33. The lowest BCUT2D eigenvalue weighted by molar-refractivity contribution is 0.442. The van der Waals surface area contributed by atoms with Crippen molar-refractivity contribution in [2.45, 2.75) is 51.9 Å². The average molecular weight is 219 g/mol. The molecule has 0 amide bonds. The lowest BCUT2D eigenvalue weighted by Gasteiger charge is -2.23. The van der Waals surface area contributed by atoms with Crippen molar-refractivity contribution in [2.75, 3.05) is 7.05 Å². The van der Waals surface area contributed by atoms with Crippen LogP contribution in [-0.4, -0.2) is 7.05 Å². The summed E-state index contributed by atoms with van der Waals surface area (Å²) in [5.41, 5.74) is 8.99. The normalized spacial score (nSPS) is 16.5. The molecule has 16 heavy (non-hydrogen) atoms. The maximum absolute atomic E-state index is 4.50. The van der Waals surface area contributed by atoms with E-state index < -0.39 is 0 Å². The summed E-state index contributed by atoms with van der Waals surface area (Å²) >= 11 is 0. The summed E-state index contributed by atoms with van der Waals surface area (Å²) in [4.78, 5) is 0. The molecule has 0 unspecified atom stereocenters. The minimum absolute atomic E-state index is 0.851. The fraction of sp³-hybridized carbons (Fsp3) is 0.600. The molecule has 0 atom stereocenters. The number of rotatable bonds is 1. The van der Waals surface area contributed by atoms with Crippen molar-refractivity contribution in [1.29, 1.82) is 0 Å². The van der Waals surface area contributed by atoms with Crippen LogP contribution < -0.4 is 5.73 Å². The standard InChI is InChI=1S/C14H20.CH5N/c1-11-8-9-14(12(2)10-11)13-6-4-3-5-7-13;1-2/h8-10,13H,3-7H2,1-2H3;2H2,1H3. The van der Waals surface area contributed by atoms with E-state index in [0.29, 0.717) is 0 Å². The number of hydrogen-bond acceptors (Lipinski definition) is 1. The van der Waals surface area contributed by atoms with Crippen LogP contribution in [0.25, 0.3) is 0 Å². The van der Waals surface area contributed by atoms with Crippen molar-refractivity contribution >= 4 is 0 Å². The third-order valence-corrected chi connectivity index (χ3v) is 3.47. The molecule has 1 aliphatic carbocycles. The molecule has 1 heteroatoms. The van der Waals surface area contributed by atoms with E-state index in [9.17, 15) is 0 Å². The summed E-state index contributed by atoms with van der Waals surface area (Å²) in [5, 5.41) is 0. The molecule has 0 spiro atoms. The van der Waals surface area contributed by atoms with Gasteiger partial charge in [-0.3, -0.25) is 0 Å². The van der Waals surface area contributed by atoms with E-state index >= 15 is 0 Å². The second-order valence-corrected chi connectivity index (χ2v) is 4.69. The lowest BCUT2D eigenvalue weighted by Crippen LogP contribution is -2.06. The Kier molecular flexibility index (Phi) is 5.54. The minimum atomic E-state index is 0.851. The van der Waals surface area contributed by atoms with Crippen molar-refractivity contribution < 1.29 is 0 Å². The highest BCUT2D eigenvalue weighted by molar-refractivity contribution is 5.33. The van der Waals surface area contributed by atoms with E-state index in [4.69, 9.17) is 0 Å². The molecule has 0 saturated heterocycles. The van der Waals surface area contributed by atoms with Crippen molar-refractivity contribution in [2.24, 2.45) is 5.73 Å². The Morgan fingerprint density at radius 3 is 2.19 bits per heavy atom. The summed E-state index contributed by atoms with van der Waals surface area (Å²) in [5.74, 6) is 0.851. The van der Waals surface area contributed by atoms with Gasteiger partial charge in [0.25, 0.3) is 0 Å². The molecule has 1 aliphatic rings. The summed E-state index contributed by atoms with van der Waals surface area (Å²) in [6.45, 7) is 4.44. The maximum atomic E-state index is 4.50. The van der Waals surface area contributed by atoms with Gasteiger partial charge in [0.05, 0.1) is 0 Å². The van der Waals surface area contributed by atoms with Gasteiger partial charge < -0.3 is 5.73 Å². The third-order valence-electron chi connectivity index (χ3n) is 3.47. The van der Waals surface area contributed by atoms with Crippen LogP contribution >= 0.6 is 0 Å². The lowest BCUT2D eigenvalue weighted by atomic mass is 9.82.